The zero-order chi connectivity index (χ0) is 14.8. The Morgan fingerprint density at radius 1 is 1.33 bits per heavy atom. The summed E-state index contributed by atoms with van der Waals surface area (Å²) in [5.41, 5.74) is 2.13. The van der Waals surface area contributed by atoms with Crippen LogP contribution in [0.3, 0.4) is 0 Å². The van der Waals surface area contributed by atoms with Gasteiger partial charge in [0.1, 0.15) is 11.6 Å². The molecule has 1 aliphatic rings. The van der Waals surface area contributed by atoms with E-state index in [0.29, 0.717) is 11.8 Å². The third-order valence-electron chi connectivity index (χ3n) is 4.43. The molecule has 1 aliphatic heterocycles. The van der Waals surface area contributed by atoms with Crippen molar-refractivity contribution in [2.75, 3.05) is 27.2 Å². The number of likely N-dealkylation sites (tertiary alicyclic amines) is 1. The molecule has 2 aromatic rings. The first-order valence-electron chi connectivity index (χ1n) is 7.49. The number of nitrogens with zero attached hydrogens (tertiary/aromatic N) is 3. The molecule has 0 atom stereocenters. The van der Waals surface area contributed by atoms with Gasteiger partial charge in [0.25, 0.3) is 0 Å². The topological polar surface area (TPSA) is 30.3 Å². The van der Waals surface area contributed by atoms with Crippen molar-refractivity contribution >= 4 is 22.6 Å². The first kappa shape index (κ1) is 14.7. The number of imidazole rings is 1. The highest BCUT2D eigenvalue weighted by Crippen LogP contribution is 2.26. The van der Waals surface area contributed by atoms with E-state index in [1.807, 2.05) is 12.1 Å². The first-order valence-corrected chi connectivity index (χ1v) is 8.02. The van der Waals surface area contributed by atoms with Crippen LogP contribution in [0.15, 0.2) is 18.2 Å². The molecular weight excluding hydrogens is 286 g/mol. The number of aromatic nitrogens is 2. The molecule has 0 radical (unpaired) electrons. The summed E-state index contributed by atoms with van der Waals surface area (Å²) in [6.45, 7) is 3.35. The lowest BCUT2D eigenvalue weighted by Gasteiger charge is -2.29. The third kappa shape index (κ3) is 3.01. The Labute approximate surface area is 130 Å². The van der Waals surface area contributed by atoms with Gasteiger partial charge in [0.05, 0.1) is 24.0 Å². The zero-order valence-corrected chi connectivity index (χ0v) is 13.4. The SMILES string of the molecule is COc1ccc2nc(CCl)n(CC3CCN(C)CC3)c2c1. The molecule has 0 spiro atoms. The van der Waals surface area contributed by atoms with Crippen LogP contribution in [0.5, 0.6) is 5.75 Å². The highest BCUT2D eigenvalue weighted by Gasteiger charge is 2.20. The van der Waals surface area contributed by atoms with Gasteiger partial charge in [0.15, 0.2) is 0 Å². The van der Waals surface area contributed by atoms with Crippen LogP contribution in [-0.2, 0) is 12.4 Å². The van der Waals surface area contributed by atoms with Gasteiger partial charge < -0.3 is 14.2 Å². The van der Waals surface area contributed by atoms with E-state index in [1.165, 1.54) is 25.9 Å². The summed E-state index contributed by atoms with van der Waals surface area (Å²) in [7, 11) is 3.89. The number of halogens is 1. The second-order valence-corrected chi connectivity index (χ2v) is 6.14. The van der Waals surface area contributed by atoms with E-state index in [0.717, 1.165) is 29.2 Å². The molecule has 3 rings (SSSR count). The minimum absolute atomic E-state index is 0.448. The quantitative estimate of drug-likeness (QED) is 0.813. The summed E-state index contributed by atoms with van der Waals surface area (Å²) in [5, 5.41) is 0. The smallest absolute Gasteiger partial charge is 0.124 e. The Balaban J connectivity index is 1.91. The standard InChI is InChI=1S/C16H22ClN3O/c1-19-7-5-12(6-8-19)11-20-15-9-13(21-2)3-4-14(15)18-16(20)10-17/h3-4,9,12H,5-8,10-11H2,1-2H3. The zero-order valence-electron chi connectivity index (χ0n) is 12.7. The number of benzene rings is 1. The normalized spacial score (nSPS) is 17.5. The predicted octanol–water partition coefficient (Wildman–Crippen LogP) is 3.13. The van der Waals surface area contributed by atoms with Gasteiger partial charge in [-0.1, -0.05) is 0 Å². The molecule has 4 nitrogen and oxygen atoms in total. The third-order valence-corrected chi connectivity index (χ3v) is 4.67. The fraction of sp³-hybridized carbons (Fsp3) is 0.562. The lowest BCUT2D eigenvalue weighted by atomic mass is 9.97. The molecule has 0 N–H and O–H groups in total. The maximum atomic E-state index is 6.10. The number of piperidine rings is 1. The monoisotopic (exact) mass is 307 g/mol. The van der Waals surface area contributed by atoms with Gasteiger partial charge in [-0.15, -0.1) is 11.6 Å². The van der Waals surface area contributed by atoms with Crippen molar-refractivity contribution in [1.82, 2.24) is 14.5 Å². The van der Waals surface area contributed by atoms with Crippen LogP contribution in [0.25, 0.3) is 11.0 Å². The number of alkyl halides is 1. The number of rotatable bonds is 4. The van der Waals surface area contributed by atoms with Crippen LogP contribution < -0.4 is 4.74 Å². The summed E-state index contributed by atoms with van der Waals surface area (Å²) < 4.78 is 7.62. The number of fused-ring (bicyclic) bond motifs is 1. The highest BCUT2D eigenvalue weighted by atomic mass is 35.5. The Hall–Kier alpha value is -1.26. The molecule has 21 heavy (non-hydrogen) atoms. The van der Waals surface area contributed by atoms with E-state index < -0.39 is 0 Å². The van der Waals surface area contributed by atoms with Crippen molar-refractivity contribution in [3.05, 3.63) is 24.0 Å². The van der Waals surface area contributed by atoms with Crippen molar-refractivity contribution < 1.29 is 4.74 Å². The average Bonchev–Trinajstić information content (AvgIpc) is 2.86. The van der Waals surface area contributed by atoms with Gasteiger partial charge in [-0.25, -0.2) is 4.98 Å². The highest BCUT2D eigenvalue weighted by molar-refractivity contribution is 6.16. The van der Waals surface area contributed by atoms with Gasteiger partial charge in [-0.2, -0.15) is 0 Å². The Kier molecular flexibility index (Phi) is 4.36. The molecule has 1 saturated heterocycles. The van der Waals surface area contributed by atoms with E-state index >= 15 is 0 Å². The molecule has 0 aliphatic carbocycles. The number of hydrogen-bond donors (Lipinski definition) is 0. The minimum Gasteiger partial charge on any atom is -0.497 e. The van der Waals surface area contributed by atoms with Crippen molar-refractivity contribution in [2.24, 2.45) is 5.92 Å². The second-order valence-electron chi connectivity index (χ2n) is 5.87. The number of hydrogen-bond acceptors (Lipinski definition) is 3. The van der Waals surface area contributed by atoms with Gasteiger partial charge in [0.2, 0.25) is 0 Å². The summed E-state index contributed by atoms with van der Waals surface area (Å²) in [4.78, 5) is 7.05. The van der Waals surface area contributed by atoms with E-state index in [1.54, 1.807) is 7.11 Å². The van der Waals surface area contributed by atoms with E-state index in [2.05, 4.69) is 27.6 Å². The maximum Gasteiger partial charge on any atom is 0.124 e. The lowest BCUT2D eigenvalue weighted by molar-refractivity contribution is 0.205. The summed E-state index contributed by atoms with van der Waals surface area (Å²) in [6, 6.07) is 6.02. The fourth-order valence-corrected chi connectivity index (χ4v) is 3.29. The maximum absolute atomic E-state index is 6.10. The lowest BCUT2D eigenvalue weighted by Crippen LogP contribution is -2.32. The molecule has 1 fully saturated rings. The number of ether oxygens (including phenoxy) is 1. The minimum atomic E-state index is 0.448. The molecule has 114 valence electrons. The summed E-state index contributed by atoms with van der Waals surface area (Å²) in [5.74, 6) is 2.97. The predicted molar refractivity (Wildman–Crippen MR) is 86.1 cm³/mol. The fourth-order valence-electron chi connectivity index (χ4n) is 3.09. The van der Waals surface area contributed by atoms with Crippen molar-refractivity contribution in [3.63, 3.8) is 0 Å². The molecule has 0 bridgehead atoms. The van der Waals surface area contributed by atoms with E-state index in [9.17, 15) is 0 Å². The number of methoxy groups -OCH3 is 1. The van der Waals surface area contributed by atoms with Gasteiger partial charge in [-0.3, -0.25) is 0 Å². The summed E-state index contributed by atoms with van der Waals surface area (Å²) >= 11 is 6.10. The Morgan fingerprint density at radius 3 is 2.76 bits per heavy atom. The summed E-state index contributed by atoms with van der Waals surface area (Å²) in [6.07, 6.45) is 2.48. The molecule has 5 heteroatoms. The van der Waals surface area contributed by atoms with Crippen LogP contribution in [0.2, 0.25) is 0 Å². The Bertz CT molecular complexity index is 617. The molecule has 1 aromatic heterocycles. The second kappa shape index (κ2) is 6.24. The average molecular weight is 308 g/mol. The molecule has 1 aromatic carbocycles. The van der Waals surface area contributed by atoms with Crippen LogP contribution in [0.4, 0.5) is 0 Å². The van der Waals surface area contributed by atoms with Gasteiger partial charge in [-0.05, 0) is 51.0 Å². The van der Waals surface area contributed by atoms with Crippen LogP contribution in [0.1, 0.15) is 18.7 Å². The van der Waals surface area contributed by atoms with E-state index in [4.69, 9.17) is 16.3 Å². The van der Waals surface area contributed by atoms with Crippen molar-refractivity contribution in [1.29, 1.82) is 0 Å². The van der Waals surface area contributed by atoms with Gasteiger partial charge >= 0.3 is 0 Å². The van der Waals surface area contributed by atoms with Gasteiger partial charge in [0, 0.05) is 12.6 Å². The van der Waals surface area contributed by atoms with Crippen molar-refractivity contribution in [3.8, 4) is 5.75 Å². The van der Waals surface area contributed by atoms with Crippen molar-refractivity contribution in [2.45, 2.75) is 25.3 Å². The molecule has 0 unspecified atom stereocenters. The molecule has 2 heterocycles. The van der Waals surface area contributed by atoms with Crippen LogP contribution in [0, 0.1) is 5.92 Å². The van der Waals surface area contributed by atoms with E-state index in [-0.39, 0.29) is 0 Å². The first-order chi connectivity index (χ1) is 10.2. The molecular formula is C16H22ClN3O. The largest absolute Gasteiger partial charge is 0.497 e. The van der Waals surface area contributed by atoms with Crippen LogP contribution in [-0.4, -0.2) is 41.7 Å². The molecule has 0 saturated carbocycles. The van der Waals surface area contributed by atoms with Crippen LogP contribution >= 0.6 is 11.6 Å². The Morgan fingerprint density at radius 2 is 2.10 bits per heavy atom. The molecule has 0 amide bonds.